The molecule has 1 aromatic carbocycles. The van der Waals surface area contributed by atoms with Gasteiger partial charge in [0.1, 0.15) is 5.82 Å². The predicted molar refractivity (Wildman–Crippen MR) is 94.6 cm³/mol. The Kier molecular flexibility index (Phi) is 4.78. The number of piperidine rings is 1. The maximum Gasteiger partial charge on any atom is 0.243 e. The van der Waals surface area contributed by atoms with Gasteiger partial charge in [0, 0.05) is 37.9 Å². The second-order valence-corrected chi connectivity index (χ2v) is 8.43. The van der Waals surface area contributed by atoms with Crippen molar-refractivity contribution in [1.82, 2.24) is 13.9 Å². The lowest BCUT2D eigenvalue weighted by molar-refractivity contribution is 0.309. The molecule has 3 rings (SSSR count). The molecule has 24 heavy (non-hydrogen) atoms. The lowest BCUT2D eigenvalue weighted by Crippen LogP contribution is -2.38. The summed E-state index contributed by atoms with van der Waals surface area (Å²) in [4.78, 5) is 4.87. The third-order valence-corrected chi connectivity index (χ3v) is 6.92. The van der Waals surface area contributed by atoms with Gasteiger partial charge in [0.05, 0.1) is 4.90 Å². The van der Waals surface area contributed by atoms with Gasteiger partial charge in [-0.05, 0) is 56.9 Å². The molecule has 1 saturated heterocycles. The Morgan fingerprint density at radius 1 is 1.17 bits per heavy atom. The van der Waals surface area contributed by atoms with Crippen LogP contribution in [0.15, 0.2) is 35.5 Å². The van der Waals surface area contributed by atoms with Gasteiger partial charge in [-0.2, -0.15) is 4.31 Å². The standard InChI is InChI=1S/C18H25N3O2S/c1-4-20-12-9-19-18(20)16-7-10-21(11-8-16)24(22,23)17-6-5-14(2)15(3)13-17/h5-6,9,12-13,16H,4,7-8,10-11H2,1-3H3. The van der Waals surface area contributed by atoms with E-state index in [1.165, 1.54) is 0 Å². The van der Waals surface area contributed by atoms with Crippen LogP contribution in [0.3, 0.4) is 0 Å². The van der Waals surface area contributed by atoms with E-state index < -0.39 is 10.0 Å². The highest BCUT2D eigenvalue weighted by atomic mass is 32.2. The number of rotatable bonds is 4. The van der Waals surface area contributed by atoms with Gasteiger partial charge in [0.2, 0.25) is 10.0 Å². The molecule has 1 aromatic heterocycles. The van der Waals surface area contributed by atoms with Crippen LogP contribution in [0.25, 0.3) is 0 Å². The SMILES string of the molecule is CCn1ccnc1C1CCN(S(=O)(=O)c2ccc(C)c(C)c2)CC1. The first-order valence-electron chi connectivity index (χ1n) is 8.52. The van der Waals surface area contributed by atoms with Crippen molar-refractivity contribution >= 4 is 10.0 Å². The zero-order valence-corrected chi connectivity index (χ0v) is 15.4. The Morgan fingerprint density at radius 2 is 1.88 bits per heavy atom. The maximum atomic E-state index is 12.9. The lowest BCUT2D eigenvalue weighted by atomic mass is 9.97. The van der Waals surface area contributed by atoms with Crippen molar-refractivity contribution in [2.75, 3.05) is 13.1 Å². The molecule has 0 N–H and O–H groups in total. The molecule has 0 aliphatic carbocycles. The highest BCUT2D eigenvalue weighted by Crippen LogP contribution is 2.30. The fraction of sp³-hybridized carbons (Fsp3) is 0.500. The van der Waals surface area contributed by atoms with Crippen LogP contribution in [0.5, 0.6) is 0 Å². The number of benzene rings is 1. The molecule has 2 aromatic rings. The molecule has 0 unspecified atom stereocenters. The van der Waals surface area contributed by atoms with E-state index in [9.17, 15) is 8.42 Å². The number of aryl methyl sites for hydroxylation is 3. The van der Waals surface area contributed by atoms with E-state index in [0.29, 0.717) is 23.9 Å². The van der Waals surface area contributed by atoms with E-state index in [2.05, 4.69) is 16.5 Å². The van der Waals surface area contributed by atoms with Crippen LogP contribution in [0, 0.1) is 13.8 Å². The van der Waals surface area contributed by atoms with E-state index in [4.69, 9.17) is 0 Å². The number of hydrogen-bond donors (Lipinski definition) is 0. The maximum absolute atomic E-state index is 12.9. The Labute approximate surface area is 144 Å². The minimum atomic E-state index is -3.40. The lowest BCUT2D eigenvalue weighted by Gasteiger charge is -2.31. The van der Waals surface area contributed by atoms with Crippen molar-refractivity contribution in [2.45, 2.75) is 51.0 Å². The van der Waals surface area contributed by atoms with Gasteiger partial charge in [-0.3, -0.25) is 0 Å². The molecule has 0 amide bonds. The van der Waals surface area contributed by atoms with Crippen molar-refractivity contribution in [3.05, 3.63) is 47.5 Å². The summed E-state index contributed by atoms with van der Waals surface area (Å²) in [6.07, 6.45) is 5.47. The molecular weight excluding hydrogens is 322 g/mol. The summed E-state index contributed by atoms with van der Waals surface area (Å²) < 4.78 is 29.5. The number of sulfonamides is 1. The fourth-order valence-electron chi connectivity index (χ4n) is 3.33. The minimum absolute atomic E-state index is 0.339. The van der Waals surface area contributed by atoms with E-state index in [1.54, 1.807) is 16.4 Å². The molecule has 0 spiro atoms. The molecule has 6 heteroatoms. The largest absolute Gasteiger partial charge is 0.335 e. The summed E-state index contributed by atoms with van der Waals surface area (Å²) in [6.45, 7) is 8.05. The van der Waals surface area contributed by atoms with Crippen molar-refractivity contribution < 1.29 is 8.42 Å². The molecule has 130 valence electrons. The molecule has 1 aliphatic rings. The molecule has 0 saturated carbocycles. The zero-order chi connectivity index (χ0) is 17.3. The molecule has 0 bridgehead atoms. The minimum Gasteiger partial charge on any atom is -0.335 e. The summed E-state index contributed by atoms with van der Waals surface area (Å²) in [5.74, 6) is 1.42. The van der Waals surface area contributed by atoms with Crippen LogP contribution >= 0.6 is 0 Å². The number of hydrogen-bond acceptors (Lipinski definition) is 3. The number of aromatic nitrogens is 2. The van der Waals surface area contributed by atoms with Gasteiger partial charge in [-0.25, -0.2) is 13.4 Å². The summed E-state index contributed by atoms with van der Waals surface area (Å²) >= 11 is 0. The quantitative estimate of drug-likeness (QED) is 0.854. The van der Waals surface area contributed by atoms with Crippen LogP contribution in [0.4, 0.5) is 0 Å². The summed E-state index contributed by atoms with van der Waals surface area (Å²) in [7, 11) is -3.40. The Balaban J connectivity index is 1.75. The van der Waals surface area contributed by atoms with Crippen molar-refractivity contribution in [2.24, 2.45) is 0 Å². The summed E-state index contributed by atoms with van der Waals surface area (Å²) in [5.41, 5.74) is 2.12. The van der Waals surface area contributed by atoms with Crippen LogP contribution in [0.1, 0.15) is 42.6 Å². The highest BCUT2D eigenvalue weighted by Gasteiger charge is 2.31. The van der Waals surface area contributed by atoms with Gasteiger partial charge < -0.3 is 4.57 Å². The molecule has 0 radical (unpaired) electrons. The van der Waals surface area contributed by atoms with Gasteiger partial charge in [-0.15, -0.1) is 0 Å². The highest BCUT2D eigenvalue weighted by molar-refractivity contribution is 7.89. The van der Waals surface area contributed by atoms with E-state index in [0.717, 1.165) is 36.3 Å². The first-order valence-corrected chi connectivity index (χ1v) is 9.96. The molecule has 1 aliphatic heterocycles. The van der Waals surface area contributed by atoms with Crippen LogP contribution in [-0.4, -0.2) is 35.4 Å². The molecular formula is C18H25N3O2S. The van der Waals surface area contributed by atoms with E-state index in [-0.39, 0.29) is 0 Å². The average molecular weight is 347 g/mol. The number of imidazole rings is 1. The summed E-state index contributed by atoms with van der Waals surface area (Å²) in [6, 6.07) is 5.38. The monoisotopic (exact) mass is 347 g/mol. The van der Waals surface area contributed by atoms with Gasteiger partial charge >= 0.3 is 0 Å². The van der Waals surface area contributed by atoms with E-state index >= 15 is 0 Å². The summed E-state index contributed by atoms with van der Waals surface area (Å²) in [5, 5.41) is 0. The first-order chi connectivity index (χ1) is 11.4. The normalized spacial score (nSPS) is 17.3. The van der Waals surface area contributed by atoms with Crippen LogP contribution in [-0.2, 0) is 16.6 Å². The molecule has 5 nitrogen and oxygen atoms in total. The fourth-order valence-corrected chi connectivity index (χ4v) is 4.88. The average Bonchev–Trinajstić information content (AvgIpc) is 3.06. The molecule has 1 fully saturated rings. The van der Waals surface area contributed by atoms with E-state index in [1.807, 2.05) is 32.3 Å². The van der Waals surface area contributed by atoms with Crippen LogP contribution < -0.4 is 0 Å². The second kappa shape index (κ2) is 6.69. The Bertz CT molecular complexity index is 819. The smallest absolute Gasteiger partial charge is 0.243 e. The van der Waals surface area contributed by atoms with Gasteiger partial charge in [-0.1, -0.05) is 6.07 Å². The second-order valence-electron chi connectivity index (χ2n) is 6.50. The van der Waals surface area contributed by atoms with Crippen molar-refractivity contribution in [3.8, 4) is 0 Å². The third-order valence-electron chi connectivity index (χ3n) is 5.02. The molecule has 2 heterocycles. The Morgan fingerprint density at radius 3 is 2.50 bits per heavy atom. The topological polar surface area (TPSA) is 55.2 Å². The number of nitrogens with zero attached hydrogens (tertiary/aromatic N) is 3. The zero-order valence-electron chi connectivity index (χ0n) is 14.6. The molecule has 0 atom stereocenters. The predicted octanol–water partition coefficient (Wildman–Crippen LogP) is 3.09. The van der Waals surface area contributed by atoms with Gasteiger partial charge in [0.25, 0.3) is 0 Å². The van der Waals surface area contributed by atoms with Crippen molar-refractivity contribution in [3.63, 3.8) is 0 Å². The third kappa shape index (κ3) is 3.13. The van der Waals surface area contributed by atoms with Gasteiger partial charge in [0.15, 0.2) is 0 Å². The Hall–Kier alpha value is -1.66. The van der Waals surface area contributed by atoms with Crippen molar-refractivity contribution in [1.29, 1.82) is 0 Å². The van der Waals surface area contributed by atoms with Crippen LogP contribution in [0.2, 0.25) is 0 Å². The first kappa shape index (κ1) is 17.2.